The number of hydrogen-bond acceptors (Lipinski definition) is 5. The molecule has 0 saturated carbocycles. The molecule has 0 spiro atoms. The van der Waals surface area contributed by atoms with Gasteiger partial charge in [0.2, 0.25) is 0 Å². The van der Waals surface area contributed by atoms with E-state index < -0.39 is 5.54 Å². The van der Waals surface area contributed by atoms with Crippen molar-refractivity contribution in [2.75, 3.05) is 13.1 Å². The Hall–Kier alpha value is -2.74. The van der Waals surface area contributed by atoms with Crippen molar-refractivity contribution in [2.45, 2.75) is 52.6 Å². The number of likely N-dealkylation sites (tertiary alicyclic amines) is 1. The number of imidazole rings is 1. The summed E-state index contributed by atoms with van der Waals surface area (Å²) in [6.07, 6.45) is 5.90. The number of carbonyl (C=O) groups excluding carboxylic acids is 1. The number of fused-ring (bicyclic) bond motifs is 1. The first-order valence-corrected chi connectivity index (χ1v) is 10.2. The maximum atomic E-state index is 13.3. The minimum absolute atomic E-state index is 0.0472. The molecule has 29 heavy (non-hydrogen) atoms. The van der Waals surface area contributed by atoms with Crippen LogP contribution in [0.4, 0.5) is 0 Å². The number of hydrogen-bond donors (Lipinski definition) is 1. The van der Waals surface area contributed by atoms with Crippen molar-refractivity contribution >= 4 is 11.6 Å². The first-order chi connectivity index (χ1) is 13.7. The van der Waals surface area contributed by atoms with Crippen LogP contribution in [0.3, 0.4) is 0 Å². The van der Waals surface area contributed by atoms with Gasteiger partial charge in [-0.2, -0.15) is 0 Å². The molecular weight excluding hydrogens is 366 g/mol. The lowest BCUT2D eigenvalue weighted by atomic mass is 9.97. The van der Waals surface area contributed by atoms with Crippen molar-refractivity contribution in [1.29, 1.82) is 0 Å². The van der Waals surface area contributed by atoms with E-state index in [2.05, 4.69) is 15.3 Å². The average Bonchev–Trinajstić information content (AvgIpc) is 3.24. The van der Waals surface area contributed by atoms with Crippen LogP contribution in [0.25, 0.3) is 5.65 Å². The Morgan fingerprint density at radius 1 is 1.34 bits per heavy atom. The number of pyridine rings is 1. The first kappa shape index (κ1) is 19.6. The van der Waals surface area contributed by atoms with Crippen LogP contribution >= 0.6 is 0 Å². The minimum atomic E-state index is -0.508. The second-order valence-electron chi connectivity index (χ2n) is 8.79. The fourth-order valence-corrected chi connectivity index (χ4v) is 4.02. The highest BCUT2D eigenvalue weighted by Crippen LogP contribution is 2.23. The topological polar surface area (TPSA) is 94.3 Å². The second-order valence-corrected chi connectivity index (χ2v) is 8.79. The van der Waals surface area contributed by atoms with Crippen molar-refractivity contribution < 1.29 is 4.79 Å². The van der Waals surface area contributed by atoms with E-state index >= 15 is 0 Å². The quantitative estimate of drug-likeness (QED) is 0.731. The number of rotatable bonds is 4. The summed E-state index contributed by atoms with van der Waals surface area (Å²) >= 11 is 0. The average molecular weight is 396 g/mol. The normalized spacial score (nSPS) is 17.8. The van der Waals surface area contributed by atoms with E-state index in [0.29, 0.717) is 18.2 Å². The number of aryl methyl sites for hydroxylation is 2. The summed E-state index contributed by atoms with van der Waals surface area (Å²) < 4.78 is 3.76. The lowest BCUT2D eigenvalue weighted by molar-refractivity contribution is 0.0651. The highest BCUT2D eigenvalue weighted by Gasteiger charge is 2.28. The Kier molecular flexibility index (Phi) is 4.90. The zero-order chi connectivity index (χ0) is 20.8. The van der Waals surface area contributed by atoms with Gasteiger partial charge in [-0.1, -0.05) is 5.21 Å². The molecule has 0 bridgehead atoms. The summed E-state index contributed by atoms with van der Waals surface area (Å²) in [7, 11) is 0. The van der Waals surface area contributed by atoms with Crippen molar-refractivity contribution in [2.24, 2.45) is 11.7 Å². The number of carbonyl (C=O) groups is 1. The first-order valence-electron chi connectivity index (χ1n) is 10.2. The number of piperidine rings is 1. The van der Waals surface area contributed by atoms with Crippen LogP contribution in [-0.4, -0.2) is 48.3 Å². The van der Waals surface area contributed by atoms with Crippen LogP contribution in [0.1, 0.15) is 54.1 Å². The summed E-state index contributed by atoms with van der Waals surface area (Å²) in [4.78, 5) is 19.9. The highest BCUT2D eigenvalue weighted by molar-refractivity contribution is 5.94. The van der Waals surface area contributed by atoms with E-state index in [-0.39, 0.29) is 5.91 Å². The molecule has 154 valence electrons. The summed E-state index contributed by atoms with van der Waals surface area (Å²) in [6.45, 7) is 9.98. The standard InChI is InChI=1S/C21H29N7O/c1-14-7-9-28-18(10-14)23-15(2)19(28)20(29)26-8-5-6-16(11-26)12-27-13-17(24-25-27)21(3,4)22/h7,9-10,13,16H,5-6,8,11-12,22H2,1-4H3. The molecule has 1 amide bonds. The molecule has 2 N–H and O–H groups in total. The Morgan fingerprint density at radius 3 is 2.86 bits per heavy atom. The van der Waals surface area contributed by atoms with Crippen LogP contribution in [-0.2, 0) is 12.1 Å². The number of amides is 1. The molecule has 1 atom stereocenters. The van der Waals surface area contributed by atoms with E-state index in [0.717, 1.165) is 48.5 Å². The third-order valence-corrected chi connectivity index (χ3v) is 5.61. The Morgan fingerprint density at radius 2 is 2.14 bits per heavy atom. The molecule has 4 heterocycles. The van der Waals surface area contributed by atoms with Crippen LogP contribution in [0.15, 0.2) is 24.5 Å². The lowest BCUT2D eigenvalue weighted by Crippen LogP contribution is -2.41. The van der Waals surface area contributed by atoms with Gasteiger partial charge in [-0.15, -0.1) is 5.10 Å². The van der Waals surface area contributed by atoms with Crippen LogP contribution < -0.4 is 5.73 Å². The molecule has 1 saturated heterocycles. The SMILES string of the molecule is Cc1ccn2c(C(=O)N3CCCC(Cn4cc(C(C)(C)N)nn4)C3)c(C)nc2c1. The summed E-state index contributed by atoms with van der Waals surface area (Å²) in [5.74, 6) is 0.385. The molecule has 4 rings (SSSR count). The van der Waals surface area contributed by atoms with Gasteiger partial charge in [-0.25, -0.2) is 4.98 Å². The van der Waals surface area contributed by atoms with Gasteiger partial charge in [-0.05, 0) is 64.2 Å². The number of nitrogens with zero attached hydrogens (tertiary/aromatic N) is 6. The molecule has 0 radical (unpaired) electrons. The molecule has 3 aromatic rings. The van der Waals surface area contributed by atoms with Gasteiger partial charge >= 0.3 is 0 Å². The maximum Gasteiger partial charge on any atom is 0.272 e. The number of nitrogens with two attached hydrogens (primary N) is 1. The highest BCUT2D eigenvalue weighted by atomic mass is 16.2. The molecule has 1 fully saturated rings. The van der Waals surface area contributed by atoms with Crippen molar-refractivity contribution in [1.82, 2.24) is 29.3 Å². The molecule has 1 aliphatic rings. The van der Waals surface area contributed by atoms with Gasteiger partial charge in [0.05, 0.1) is 17.4 Å². The van der Waals surface area contributed by atoms with Gasteiger partial charge in [0.15, 0.2) is 0 Å². The van der Waals surface area contributed by atoms with Crippen molar-refractivity contribution in [3.63, 3.8) is 0 Å². The Bertz CT molecular complexity index is 1040. The van der Waals surface area contributed by atoms with Gasteiger partial charge < -0.3 is 10.6 Å². The fourth-order valence-electron chi connectivity index (χ4n) is 4.02. The monoisotopic (exact) mass is 395 g/mol. The third kappa shape index (κ3) is 3.89. The van der Waals surface area contributed by atoms with Crippen LogP contribution in [0.2, 0.25) is 0 Å². The van der Waals surface area contributed by atoms with Crippen LogP contribution in [0.5, 0.6) is 0 Å². The van der Waals surface area contributed by atoms with E-state index in [4.69, 9.17) is 5.73 Å². The van der Waals surface area contributed by atoms with Crippen LogP contribution in [0, 0.1) is 19.8 Å². The Balaban J connectivity index is 1.51. The molecule has 0 aliphatic carbocycles. The van der Waals surface area contributed by atoms with E-state index in [9.17, 15) is 4.79 Å². The molecule has 3 aromatic heterocycles. The molecule has 0 aromatic carbocycles. The smallest absolute Gasteiger partial charge is 0.272 e. The lowest BCUT2D eigenvalue weighted by Gasteiger charge is -2.32. The zero-order valence-electron chi connectivity index (χ0n) is 17.6. The van der Waals surface area contributed by atoms with Gasteiger partial charge in [0, 0.05) is 25.8 Å². The zero-order valence-corrected chi connectivity index (χ0v) is 17.6. The van der Waals surface area contributed by atoms with E-state index in [1.807, 2.05) is 66.2 Å². The van der Waals surface area contributed by atoms with E-state index in [1.54, 1.807) is 0 Å². The molecule has 1 aliphatic heterocycles. The van der Waals surface area contributed by atoms with Crippen molar-refractivity contribution in [3.8, 4) is 0 Å². The summed E-state index contributed by atoms with van der Waals surface area (Å²) in [5, 5.41) is 8.43. The second kappa shape index (κ2) is 7.26. The van der Waals surface area contributed by atoms with Gasteiger partial charge in [0.25, 0.3) is 5.91 Å². The summed E-state index contributed by atoms with van der Waals surface area (Å²) in [6, 6.07) is 4.01. The molecule has 8 nitrogen and oxygen atoms in total. The minimum Gasteiger partial charge on any atom is -0.337 e. The summed E-state index contributed by atoms with van der Waals surface area (Å²) in [5.41, 5.74) is 9.76. The maximum absolute atomic E-state index is 13.3. The van der Waals surface area contributed by atoms with Crippen molar-refractivity contribution in [3.05, 3.63) is 47.2 Å². The number of aromatic nitrogens is 5. The van der Waals surface area contributed by atoms with Gasteiger partial charge in [-0.3, -0.25) is 13.9 Å². The Labute approximate surface area is 170 Å². The molecular formula is C21H29N7O. The largest absolute Gasteiger partial charge is 0.337 e. The van der Waals surface area contributed by atoms with E-state index in [1.165, 1.54) is 0 Å². The predicted molar refractivity (Wildman–Crippen MR) is 111 cm³/mol. The predicted octanol–water partition coefficient (Wildman–Crippen LogP) is 2.29. The third-order valence-electron chi connectivity index (χ3n) is 5.61. The fraction of sp³-hybridized carbons (Fsp3) is 0.524. The van der Waals surface area contributed by atoms with Gasteiger partial charge in [0.1, 0.15) is 17.0 Å². The molecule has 1 unspecified atom stereocenters. The molecule has 8 heteroatoms.